The molecule has 9 heteroatoms. The summed E-state index contributed by atoms with van der Waals surface area (Å²) in [5.41, 5.74) is 1.12. The Labute approximate surface area is 152 Å². The van der Waals surface area contributed by atoms with Crippen LogP contribution in [0, 0.1) is 0 Å². The van der Waals surface area contributed by atoms with E-state index in [0.29, 0.717) is 11.5 Å². The van der Waals surface area contributed by atoms with Crippen molar-refractivity contribution in [2.45, 2.75) is 5.85 Å². The first kappa shape index (κ1) is 20.1. The first-order valence-electron chi connectivity index (χ1n) is 7.67. The van der Waals surface area contributed by atoms with Crippen LogP contribution in [0.1, 0.15) is 17.0 Å². The fourth-order valence-electron chi connectivity index (χ4n) is 1.93. The highest BCUT2D eigenvalue weighted by atomic mass is 31.2. The molecule has 0 aliphatic rings. The summed E-state index contributed by atoms with van der Waals surface area (Å²) < 4.78 is 10.9. The fraction of sp³-hybridized carbons (Fsp3) is 0.235. The molecule has 1 atom stereocenters. The second kappa shape index (κ2) is 8.93. The summed E-state index contributed by atoms with van der Waals surface area (Å²) in [7, 11) is -0.659. The van der Waals surface area contributed by atoms with E-state index in [0.717, 1.165) is 5.56 Å². The maximum Gasteiger partial charge on any atom is 0.439 e. The minimum Gasteiger partial charge on any atom is -0.458 e. The first-order chi connectivity index (χ1) is 12.3. The van der Waals surface area contributed by atoms with Crippen LogP contribution in [0.2, 0.25) is 0 Å². The molecular formula is C17H22N2O6P+. The lowest BCUT2D eigenvalue weighted by Gasteiger charge is -2.12. The average molecular weight is 381 g/mol. The van der Waals surface area contributed by atoms with Crippen molar-refractivity contribution in [2.75, 3.05) is 20.9 Å². The first-order valence-corrected chi connectivity index (χ1v) is 9.39. The van der Waals surface area contributed by atoms with Gasteiger partial charge in [-0.2, -0.15) is 19.8 Å². The Hall–Kier alpha value is -2.22. The molecule has 2 rings (SSSR count). The molecule has 0 fully saturated rings. The van der Waals surface area contributed by atoms with Crippen LogP contribution in [0.15, 0.2) is 53.6 Å². The summed E-state index contributed by atoms with van der Waals surface area (Å²) in [6, 6.07) is 13.2. The van der Waals surface area contributed by atoms with Crippen LogP contribution in [-0.4, -0.2) is 51.9 Å². The van der Waals surface area contributed by atoms with E-state index in [-0.39, 0.29) is 12.4 Å². The number of nitrogens with zero attached hydrogens (tertiary/aromatic N) is 2. The Kier molecular flexibility index (Phi) is 6.90. The van der Waals surface area contributed by atoms with Crippen molar-refractivity contribution < 1.29 is 29.3 Å². The third kappa shape index (κ3) is 6.25. The second-order valence-electron chi connectivity index (χ2n) is 5.62. The molecule has 2 aromatic rings. The van der Waals surface area contributed by atoms with Crippen molar-refractivity contribution in [3.05, 3.63) is 59.7 Å². The van der Waals surface area contributed by atoms with Gasteiger partial charge in [-0.1, -0.05) is 0 Å². The lowest BCUT2D eigenvalue weighted by molar-refractivity contribution is 0.119. The Balaban J connectivity index is 1.84. The van der Waals surface area contributed by atoms with Crippen LogP contribution in [0.4, 0.5) is 0 Å². The molecule has 0 aromatic heterocycles. The molecule has 1 unspecified atom stereocenters. The van der Waals surface area contributed by atoms with Gasteiger partial charge in [0.1, 0.15) is 11.5 Å². The van der Waals surface area contributed by atoms with Gasteiger partial charge in [0.25, 0.3) is 5.85 Å². The van der Waals surface area contributed by atoms with E-state index < -0.39 is 13.8 Å². The molecule has 0 bridgehead atoms. The van der Waals surface area contributed by atoms with Gasteiger partial charge < -0.3 is 19.6 Å². The number of hydrazone groups is 1. The predicted octanol–water partition coefficient (Wildman–Crippen LogP) is 1.73. The molecule has 26 heavy (non-hydrogen) atoms. The Morgan fingerprint density at radius 1 is 0.962 bits per heavy atom. The molecule has 140 valence electrons. The third-order valence-electron chi connectivity index (χ3n) is 3.28. The number of aliphatic hydroxyl groups is 1. The molecule has 0 saturated heterocycles. The summed E-state index contributed by atoms with van der Waals surface area (Å²) in [6.07, 6.45) is 1.73. The van der Waals surface area contributed by atoms with Gasteiger partial charge in [0.15, 0.2) is 0 Å². The molecular weight excluding hydrogens is 359 g/mol. The standard InChI is InChI=1S/C17H22N2O6P/c1-19(2)18-11-13-3-7-15(8-4-13)24-12-25-16-9-5-14(6-10-16)17(20)26(21,22)23/h3-11,17,20-23H,12H2,1-2H3/q+1/b18-11+. The van der Waals surface area contributed by atoms with Gasteiger partial charge in [-0.3, -0.25) is 0 Å². The molecule has 0 saturated carbocycles. The van der Waals surface area contributed by atoms with Crippen LogP contribution >= 0.6 is 7.94 Å². The summed E-state index contributed by atoms with van der Waals surface area (Å²) in [6.45, 7) is -0.0238. The van der Waals surface area contributed by atoms with E-state index in [1.54, 1.807) is 23.4 Å². The highest BCUT2D eigenvalue weighted by molar-refractivity contribution is 7.58. The quantitative estimate of drug-likeness (QED) is 0.238. The van der Waals surface area contributed by atoms with Gasteiger partial charge in [0.2, 0.25) is 6.79 Å². The summed E-state index contributed by atoms with van der Waals surface area (Å²) in [5.74, 6) is -0.634. The van der Waals surface area contributed by atoms with Crippen LogP contribution in [-0.2, 0) is 0 Å². The van der Waals surface area contributed by atoms with E-state index in [4.69, 9.17) is 24.2 Å². The molecule has 0 aliphatic carbocycles. The maximum atomic E-state index is 9.59. The molecule has 2 aromatic carbocycles. The van der Waals surface area contributed by atoms with E-state index in [1.165, 1.54) is 24.3 Å². The molecule has 0 aliphatic heterocycles. The predicted molar refractivity (Wildman–Crippen MR) is 98.8 cm³/mol. The smallest absolute Gasteiger partial charge is 0.439 e. The van der Waals surface area contributed by atoms with E-state index in [1.807, 2.05) is 26.2 Å². The monoisotopic (exact) mass is 381 g/mol. The van der Waals surface area contributed by atoms with Gasteiger partial charge in [0.05, 0.1) is 6.21 Å². The zero-order valence-electron chi connectivity index (χ0n) is 14.4. The Bertz CT molecular complexity index is 714. The van der Waals surface area contributed by atoms with Crippen molar-refractivity contribution in [3.63, 3.8) is 0 Å². The Morgan fingerprint density at radius 2 is 1.46 bits per heavy atom. The highest BCUT2D eigenvalue weighted by Crippen LogP contribution is 2.57. The number of benzene rings is 2. The second-order valence-corrected chi connectivity index (χ2v) is 7.34. The van der Waals surface area contributed by atoms with E-state index in [2.05, 4.69) is 5.10 Å². The highest BCUT2D eigenvalue weighted by Gasteiger charge is 2.42. The lowest BCUT2D eigenvalue weighted by atomic mass is 10.2. The molecule has 0 amide bonds. The van der Waals surface area contributed by atoms with Gasteiger partial charge >= 0.3 is 7.94 Å². The molecule has 8 nitrogen and oxygen atoms in total. The largest absolute Gasteiger partial charge is 0.458 e. The number of ether oxygens (including phenoxy) is 2. The zero-order chi connectivity index (χ0) is 19.2. The van der Waals surface area contributed by atoms with Gasteiger partial charge in [0, 0.05) is 19.7 Å². The SMILES string of the molecule is CN(C)/N=C/c1ccc(OCOc2ccc(C(O)[P+](O)(O)O)cc2)cc1. The van der Waals surface area contributed by atoms with Crippen molar-refractivity contribution in [2.24, 2.45) is 5.10 Å². The average Bonchev–Trinajstić information content (AvgIpc) is 2.60. The van der Waals surface area contributed by atoms with Crippen molar-refractivity contribution in [3.8, 4) is 11.5 Å². The summed E-state index contributed by atoms with van der Waals surface area (Å²) in [4.78, 5) is 27.2. The number of hydrogen-bond acceptors (Lipinski definition) is 8. The molecule has 4 N–H and O–H groups in total. The van der Waals surface area contributed by atoms with Crippen LogP contribution < -0.4 is 9.47 Å². The minimum absolute atomic E-state index is 0.0238. The Morgan fingerprint density at radius 3 is 1.92 bits per heavy atom. The number of hydrogen-bond donors (Lipinski definition) is 4. The molecule has 0 radical (unpaired) electrons. The number of rotatable bonds is 8. The third-order valence-corrected chi connectivity index (χ3v) is 4.23. The van der Waals surface area contributed by atoms with Crippen LogP contribution in [0.5, 0.6) is 11.5 Å². The normalized spacial score (nSPS) is 12.8. The van der Waals surface area contributed by atoms with Gasteiger partial charge in [-0.15, -0.1) is 0 Å². The van der Waals surface area contributed by atoms with E-state index >= 15 is 0 Å². The maximum absolute atomic E-state index is 9.59. The van der Waals surface area contributed by atoms with Gasteiger partial charge in [-0.05, 0) is 54.1 Å². The lowest BCUT2D eigenvalue weighted by Crippen LogP contribution is -2.06. The van der Waals surface area contributed by atoms with Crippen molar-refractivity contribution in [1.82, 2.24) is 5.01 Å². The number of aliphatic hydroxyl groups excluding tert-OH is 1. The fourth-order valence-corrected chi connectivity index (χ4v) is 2.51. The van der Waals surface area contributed by atoms with Crippen LogP contribution in [0.25, 0.3) is 0 Å². The van der Waals surface area contributed by atoms with E-state index in [9.17, 15) is 5.11 Å². The topological polar surface area (TPSA) is 115 Å². The summed E-state index contributed by atoms with van der Waals surface area (Å²) >= 11 is 0. The van der Waals surface area contributed by atoms with Crippen LogP contribution in [0.3, 0.4) is 0 Å². The van der Waals surface area contributed by atoms with Crippen molar-refractivity contribution >= 4 is 14.2 Å². The molecule has 0 heterocycles. The van der Waals surface area contributed by atoms with Crippen molar-refractivity contribution in [1.29, 1.82) is 0 Å². The zero-order valence-corrected chi connectivity index (χ0v) is 15.3. The van der Waals surface area contributed by atoms with Gasteiger partial charge in [-0.25, -0.2) is 0 Å². The molecule has 0 spiro atoms. The minimum atomic E-state index is -4.34. The summed E-state index contributed by atoms with van der Waals surface area (Å²) in [5, 5.41) is 15.4.